The summed E-state index contributed by atoms with van der Waals surface area (Å²) in [5.41, 5.74) is 2.03. The van der Waals surface area contributed by atoms with Gasteiger partial charge in [0.25, 0.3) is 0 Å². The summed E-state index contributed by atoms with van der Waals surface area (Å²) in [4.78, 5) is 18.9. The van der Waals surface area contributed by atoms with Gasteiger partial charge in [0.2, 0.25) is 11.0 Å². The number of nitrogens with zero attached hydrogens (tertiary/aromatic N) is 4. The molecule has 0 radical (unpaired) electrons. The molecule has 0 saturated carbocycles. The molecular formula is C21H25N5OS. The van der Waals surface area contributed by atoms with Gasteiger partial charge in [0, 0.05) is 30.5 Å². The van der Waals surface area contributed by atoms with Crippen LogP contribution in [0.2, 0.25) is 0 Å². The van der Waals surface area contributed by atoms with Gasteiger partial charge in [-0.25, -0.2) is 0 Å². The van der Waals surface area contributed by atoms with Crippen molar-refractivity contribution >= 4 is 28.1 Å². The number of nitrogens with one attached hydrogen (secondary N) is 1. The van der Waals surface area contributed by atoms with Gasteiger partial charge >= 0.3 is 0 Å². The maximum absolute atomic E-state index is 12.7. The highest BCUT2D eigenvalue weighted by molar-refractivity contribution is 7.15. The second-order valence-electron chi connectivity index (χ2n) is 6.56. The lowest BCUT2D eigenvalue weighted by Gasteiger charge is -2.24. The highest BCUT2D eigenvalue weighted by Crippen LogP contribution is 2.28. The third-order valence-corrected chi connectivity index (χ3v) is 5.58. The molecule has 0 saturated heterocycles. The van der Waals surface area contributed by atoms with Crippen LogP contribution in [0.25, 0.3) is 0 Å². The molecule has 7 heteroatoms. The van der Waals surface area contributed by atoms with Gasteiger partial charge in [-0.05, 0) is 36.6 Å². The van der Waals surface area contributed by atoms with Crippen molar-refractivity contribution in [1.82, 2.24) is 15.2 Å². The Hall–Kier alpha value is -2.80. The zero-order valence-corrected chi connectivity index (χ0v) is 17.0. The largest absolute Gasteiger partial charge is 0.358 e. The average molecular weight is 396 g/mol. The Balaban J connectivity index is 1.69. The molecule has 0 fully saturated rings. The molecule has 3 aromatic rings. The number of carbonyl (C=O) groups excluding carboxylic acids is 1. The fourth-order valence-corrected chi connectivity index (χ4v) is 4.04. The first-order chi connectivity index (χ1) is 13.7. The van der Waals surface area contributed by atoms with Gasteiger partial charge in [0.1, 0.15) is 5.01 Å². The fraction of sp³-hybridized carbons (Fsp3) is 0.333. The van der Waals surface area contributed by atoms with Crippen LogP contribution >= 0.6 is 11.3 Å². The third kappa shape index (κ3) is 5.36. The Morgan fingerprint density at radius 2 is 1.89 bits per heavy atom. The topological polar surface area (TPSA) is 71.0 Å². The SMILES string of the molecule is CCC(CC)c1nnc(NC(=O)CN(Cc2cccnc2)c2ccccc2)s1. The van der Waals surface area contributed by atoms with E-state index >= 15 is 0 Å². The normalized spacial score (nSPS) is 10.8. The van der Waals surface area contributed by atoms with Crippen LogP contribution in [-0.4, -0.2) is 27.6 Å². The number of para-hydroxylation sites is 1. The Kier molecular flexibility index (Phi) is 7.08. The molecule has 6 nitrogen and oxygen atoms in total. The van der Waals surface area contributed by atoms with Crippen LogP contribution in [0.15, 0.2) is 54.9 Å². The number of hydrogen-bond donors (Lipinski definition) is 1. The molecule has 1 N–H and O–H groups in total. The van der Waals surface area contributed by atoms with E-state index in [-0.39, 0.29) is 12.5 Å². The van der Waals surface area contributed by atoms with Crippen molar-refractivity contribution in [1.29, 1.82) is 0 Å². The molecule has 3 rings (SSSR count). The minimum Gasteiger partial charge on any atom is -0.358 e. The molecule has 2 heterocycles. The van der Waals surface area contributed by atoms with Crippen molar-refractivity contribution < 1.29 is 4.79 Å². The van der Waals surface area contributed by atoms with E-state index in [1.807, 2.05) is 53.6 Å². The summed E-state index contributed by atoms with van der Waals surface area (Å²) in [6.07, 6.45) is 5.61. The lowest BCUT2D eigenvalue weighted by molar-refractivity contribution is -0.115. The fourth-order valence-electron chi connectivity index (χ4n) is 3.01. The number of hydrogen-bond acceptors (Lipinski definition) is 6. The molecule has 146 valence electrons. The summed E-state index contributed by atoms with van der Waals surface area (Å²) in [7, 11) is 0. The van der Waals surface area contributed by atoms with Gasteiger partial charge in [-0.1, -0.05) is 49.4 Å². The Labute approximate surface area is 169 Å². The van der Waals surface area contributed by atoms with Crippen LogP contribution in [0.4, 0.5) is 10.8 Å². The van der Waals surface area contributed by atoms with E-state index in [4.69, 9.17) is 0 Å². The molecular weight excluding hydrogens is 370 g/mol. The Morgan fingerprint density at radius 1 is 1.11 bits per heavy atom. The molecule has 0 aliphatic heterocycles. The number of aromatic nitrogens is 3. The van der Waals surface area contributed by atoms with E-state index in [2.05, 4.69) is 34.3 Å². The summed E-state index contributed by atoms with van der Waals surface area (Å²) >= 11 is 1.46. The maximum atomic E-state index is 12.7. The predicted molar refractivity (Wildman–Crippen MR) is 114 cm³/mol. The molecule has 2 aromatic heterocycles. The van der Waals surface area contributed by atoms with E-state index < -0.39 is 0 Å². The van der Waals surface area contributed by atoms with Crippen LogP contribution in [0, 0.1) is 0 Å². The van der Waals surface area contributed by atoms with Crippen molar-refractivity contribution in [2.45, 2.75) is 39.2 Å². The van der Waals surface area contributed by atoms with E-state index in [1.165, 1.54) is 11.3 Å². The number of amides is 1. The van der Waals surface area contributed by atoms with Crippen LogP contribution in [0.1, 0.15) is 43.2 Å². The van der Waals surface area contributed by atoms with Crippen molar-refractivity contribution in [2.24, 2.45) is 0 Å². The molecule has 0 aliphatic carbocycles. The van der Waals surface area contributed by atoms with E-state index in [0.717, 1.165) is 29.1 Å². The van der Waals surface area contributed by atoms with Crippen molar-refractivity contribution in [3.63, 3.8) is 0 Å². The van der Waals surface area contributed by atoms with Crippen LogP contribution in [0.3, 0.4) is 0 Å². The highest BCUT2D eigenvalue weighted by Gasteiger charge is 2.17. The average Bonchev–Trinajstić information content (AvgIpc) is 3.18. The minimum absolute atomic E-state index is 0.111. The molecule has 0 bridgehead atoms. The molecule has 0 spiro atoms. The van der Waals surface area contributed by atoms with Crippen molar-refractivity contribution in [3.8, 4) is 0 Å². The lowest BCUT2D eigenvalue weighted by atomic mass is 10.1. The lowest BCUT2D eigenvalue weighted by Crippen LogP contribution is -2.32. The molecule has 0 aliphatic rings. The van der Waals surface area contributed by atoms with E-state index in [1.54, 1.807) is 6.20 Å². The molecule has 0 atom stereocenters. The first-order valence-corrected chi connectivity index (χ1v) is 10.3. The standard InChI is InChI=1S/C21H25N5OS/c1-3-17(4-2)20-24-25-21(28-20)23-19(27)15-26(18-10-6-5-7-11-18)14-16-9-8-12-22-13-16/h5-13,17H,3-4,14-15H2,1-2H3,(H,23,25,27). The van der Waals surface area contributed by atoms with Gasteiger partial charge in [-0.2, -0.15) is 0 Å². The van der Waals surface area contributed by atoms with E-state index in [0.29, 0.717) is 17.6 Å². The summed E-state index contributed by atoms with van der Waals surface area (Å²) in [6.45, 7) is 5.10. The second-order valence-corrected chi connectivity index (χ2v) is 7.57. The monoisotopic (exact) mass is 395 g/mol. The van der Waals surface area contributed by atoms with Gasteiger partial charge in [0.15, 0.2) is 0 Å². The van der Waals surface area contributed by atoms with Gasteiger partial charge in [-0.15, -0.1) is 10.2 Å². The molecule has 1 amide bonds. The summed E-state index contributed by atoms with van der Waals surface area (Å²) in [5, 5.41) is 12.8. The third-order valence-electron chi connectivity index (χ3n) is 4.57. The van der Waals surface area contributed by atoms with Crippen LogP contribution in [-0.2, 0) is 11.3 Å². The van der Waals surface area contributed by atoms with Gasteiger partial charge < -0.3 is 4.90 Å². The number of benzene rings is 1. The first kappa shape index (κ1) is 19.9. The zero-order valence-electron chi connectivity index (χ0n) is 16.2. The Bertz CT molecular complexity index is 865. The van der Waals surface area contributed by atoms with E-state index in [9.17, 15) is 4.79 Å². The van der Waals surface area contributed by atoms with Crippen LogP contribution < -0.4 is 10.2 Å². The Morgan fingerprint density at radius 3 is 2.57 bits per heavy atom. The van der Waals surface area contributed by atoms with Crippen molar-refractivity contribution in [2.75, 3.05) is 16.8 Å². The molecule has 0 unspecified atom stereocenters. The first-order valence-electron chi connectivity index (χ1n) is 9.51. The zero-order chi connectivity index (χ0) is 19.8. The quantitative estimate of drug-likeness (QED) is 0.578. The summed E-state index contributed by atoms with van der Waals surface area (Å²) < 4.78 is 0. The molecule has 1 aromatic carbocycles. The van der Waals surface area contributed by atoms with Crippen molar-refractivity contribution in [3.05, 3.63) is 65.4 Å². The maximum Gasteiger partial charge on any atom is 0.245 e. The number of pyridine rings is 1. The smallest absolute Gasteiger partial charge is 0.245 e. The summed E-state index contributed by atoms with van der Waals surface area (Å²) in [5.74, 6) is 0.287. The summed E-state index contributed by atoms with van der Waals surface area (Å²) in [6, 6.07) is 13.8. The van der Waals surface area contributed by atoms with Gasteiger partial charge in [0.05, 0.1) is 6.54 Å². The molecule has 28 heavy (non-hydrogen) atoms. The predicted octanol–water partition coefficient (Wildman–Crippen LogP) is 4.48. The number of anilines is 2. The second kappa shape index (κ2) is 9.94. The number of carbonyl (C=O) groups is 1. The minimum atomic E-state index is -0.111. The number of rotatable bonds is 9. The highest BCUT2D eigenvalue weighted by atomic mass is 32.1. The van der Waals surface area contributed by atoms with Crippen LogP contribution in [0.5, 0.6) is 0 Å². The van der Waals surface area contributed by atoms with Gasteiger partial charge in [-0.3, -0.25) is 15.1 Å².